The molecule has 0 spiro atoms. The molecule has 0 aromatic heterocycles. The fourth-order valence-corrected chi connectivity index (χ4v) is 3.85. The van der Waals surface area contributed by atoms with Gasteiger partial charge in [0, 0.05) is 0 Å². The Morgan fingerprint density at radius 3 is 2.44 bits per heavy atom. The molecule has 18 heavy (non-hydrogen) atoms. The van der Waals surface area contributed by atoms with Gasteiger partial charge in [-0.15, -0.1) is 0 Å². The van der Waals surface area contributed by atoms with E-state index >= 15 is 0 Å². The average Bonchev–Trinajstić information content (AvgIpc) is 2.71. The molecule has 0 aromatic carbocycles. The minimum atomic E-state index is 0.0438. The number of hydrogen-bond acceptors (Lipinski definition) is 3. The van der Waals surface area contributed by atoms with Crippen LogP contribution in [0.15, 0.2) is 4.99 Å². The zero-order valence-corrected chi connectivity index (χ0v) is 12.4. The second-order valence-electron chi connectivity index (χ2n) is 5.84. The summed E-state index contributed by atoms with van der Waals surface area (Å²) in [5.74, 6) is 1.21. The van der Waals surface area contributed by atoms with Crippen LogP contribution < -0.4 is 5.32 Å². The minimum Gasteiger partial charge on any atom is -0.304 e. The summed E-state index contributed by atoms with van der Waals surface area (Å²) in [6.07, 6.45) is 6.65. The summed E-state index contributed by atoms with van der Waals surface area (Å²) in [5.41, 5.74) is 0. The van der Waals surface area contributed by atoms with Gasteiger partial charge in [-0.1, -0.05) is 44.9 Å². The first-order valence-corrected chi connectivity index (χ1v) is 8.01. The summed E-state index contributed by atoms with van der Waals surface area (Å²) in [6, 6.07) is 0.346. The van der Waals surface area contributed by atoms with Crippen LogP contribution in [0.1, 0.15) is 52.9 Å². The molecular weight excluding hydrogens is 244 g/mol. The number of nitrogens with zero attached hydrogens (tertiary/aromatic N) is 1. The fourth-order valence-electron chi connectivity index (χ4n) is 2.79. The number of carbonyl (C=O) groups excluding carboxylic acids is 1. The van der Waals surface area contributed by atoms with Crippen molar-refractivity contribution in [3.63, 3.8) is 0 Å². The molecule has 2 atom stereocenters. The molecule has 1 saturated heterocycles. The van der Waals surface area contributed by atoms with Crippen LogP contribution in [0.3, 0.4) is 0 Å². The van der Waals surface area contributed by atoms with E-state index in [4.69, 9.17) is 4.99 Å². The Labute approximate surface area is 114 Å². The van der Waals surface area contributed by atoms with Crippen molar-refractivity contribution in [2.24, 2.45) is 16.8 Å². The molecule has 1 N–H and O–H groups in total. The number of aliphatic imine (C=N–C) groups is 1. The normalized spacial score (nSPS) is 29.9. The summed E-state index contributed by atoms with van der Waals surface area (Å²) < 4.78 is 0. The van der Waals surface area contributed by atoms with Crippen LogP contribution in [0.25, 0.3) is 0 Å². The smallest absolute Gasteiger partial charge is 0.239 e. The third-order valence-electron chi connectivity index (χ3n) is 3.99. The van der Waals surface area contributed by atoms with Crippen LogP contribution in [0.2, 0.25) is 0 Å². The van der Waals surface area contributed by atoms with E-state index in [2.05, 4.69) is 26.1 Å². The number of hydrogen-bond donors (Lipinski definition) is 1. The van der Waals surface area contributed by atoms with Crippen LogP contribution in [0, 0.1) is 11.8 Å². The van der Waals surface area contributed by atoms with Gasteiger partial charge < -0.3 is 5.32 Å². The van der Waals surface area contributed by atoms with E-state index in [1.54, 1.807) is 11.8 Å². The van der Waals surface area contributed by atoms with Crippen molar-refractivity contribution < 1.29 is 4.79 Å². The number of rotatable bonds is 3. The average molecular weight is 268 g/mol. The summed E-state index contributed by atoms with van der Waals surface area (Å²) >= 11 is 1.61. The van der Waals surface area contributed by atoms with E-state index in [1.165, 1.54) is 32.1 Å². The van der Waals surface area contributed by atoms with Crippen LogP contribution in [-0.2, 0) is 4.79 Å². The summed E-state index contributed by atoms with van der Waals surface area (Å²) in [6.45, 7) is 6.37. The lowest BCUT2D eigenvalue weighted by Crippen LogP contribution is -2.28. The monoisotopic (exact) mass is 268 g/mol. The molecule has 1 heterocycles. The van der Waals surface area contributed by atoms with Gasteiger partial charge in [0.2, 0.25) is 5.91 Å². The molecule has 0 aromatic rings. The molecule has 102 valence electrons. The van der Waals surface area contributed by atoms with E-state index in [0.717, 1.165) is 5.17 Å². The van der Waals surface area contributed by atoms with Crippen molar-refractivity contribution in [2.75, 3.05) is 0 Å². The molecule has 2 aliphatic rings. The number of carbonyl (C=O) groups is 1. The van der Waals surface area contributed by atoms with E-state index in [1.807, 2.05) is 0 Å². The van der Waals surface area contributed by atoms with Crippen LogP contribution in [-0.4, -0.2) is 22.4 Å². The molecule has 1 amide bonds. The van der Waals surface area contributed by atoms with Gasteiger partial charge in [0.1, 0.15) is 0 Å². The first-order chi connectivity index (χ1) is 8.58. The Morgan fingerprint density at radius 2 is 1.89 bits per heavy atom. The molecule has 4 heteroatoms. The molecule has 0 bridgehead atoms. The van der Waals surface area contributed by atoms with E-state index in [9.17, 15) is 4.79 Å². The van der Waals surface area contributed by atoms with Gasteiger partial charge in [-0.3, -0.25) is 9.79 Å². The molecule has 1 aliphatic carbocycles. The first-order valence-electron chi connectivity index (χ1n) is 7.13. The molecule has 3 nitrogen and oxygen atoms in total. The molecule has 1 saturated carbocycles. The molecule has 1 aliphatic heterocycles. The van der Waals surface area contributed by atoms with Gasteiger partial charge in [0.25, 0.3) is 0 Å². The van der Waals surface area contributed by atoms with Crippen molar-refractivity contribution in [3.05, 3.63) is 0 Å². The Balaban J connectivity index is 1.95. The second kappa shape index (κ2) is 6.09. The Kier molecular flexibility index (Phi) is 4.71. The van der Waals surface area contributed by atoms with Crippen molar-refractivity contribution in [1.82, 2.24) is 5.32 Å². The molecule has 2 fully saturated rings. The van der Waals surface area contributed by atoms with Gasteiger partial charge >= 0.3 is 0 Å². The Bertz CT molecular complexity index is 335. The summed E-state index contributed by atoms with van der Waals surface area (Å²) in [4.78, 5) is 16.5. The fraction of sp³-hybridized carbons (Fsp3) is 0.857. The Hall–Kier alpha value is -0.510. The highest BCUT2D eigenvalue weighted by Gasteiger charge is 2.33. The van der Waals surface area contributed by atoms with Gasteiger partial charge in [-0.25, -0.2) is 0 Å². The van der Waals surface area contributed by atoms with Crippen molar-refractivity contribution in [3.8, 4) is 0 Å². The van der Waals surface area contributed by atoms with Gasteiger partial charge in [-0.05, 0) is 31.6 Å². The highest BCUT2D eigenvalue weighted by molar-refractivity contribution is 8.15. The van der Waals surface area contributed by atoms with E-state index in [0.29, 0.717) is 17.9 Å². The topological polar surface area (TPSA) is 41.5 Å². The first kappa shape index (κ1) is 13.9. The van der Waals surface area contributed by atoms with Crippen molar-refractivity contribution in [1.29, 1.82) is 0 Å². The van der Waals surface area contributed by atoms with Crippen molar-refractivity contribution in [2.45, 2.75) is 64.2 Å². The predicted molar refractivity (Wildman–Crippen MR) is 77.8 cm³/mol. The highest BCUT2D eigenvalue weighted by atomic mass is 32.2. The maximum atomic E-state index is 11.8. The maximum absolute atomic E-state index is 11.8. The lowest BCUT2D eigenvalue weighted by Gasteiger charge is -2.25. The van der Waals surface area contributed by atoms with Crippen LogP contribution in [0.4, 0.5) is 0 Å². The molecule has 0 radical (unpaired) electrons. The number of thioether (sulfide) groups is 1. The molecule has 2 rings (SSSR count). The third-order valence-corrected chi connectivity index (χ3v) is 5.43. The molecular formula is C14H24N2OS. The van der Waals surface area contributed by atoms with E-state index in [-0.39, 0.29) is 11.2 Å². The number of amidine groups is 1. The third kappa shape index (κ3) is 3.28. The summed E-state index contributed by atoms with van der Waals surface area (Å²) in [7, 11) is 0. The predicted octanol–water partition coefficient (Wildman–Crippen LogP) is 3.20. The quantitative estimate of drug-likeness (QED) is 0.854. The number of nitrogens with one attached hydrogen (secondary N) is 1. The lowest BCUT2D eigenvalue weighted by molar-refractivity contribution is -0.119. The van der Waals surface area contributed by atoms with Crippen LogP contribution in [0.5, 0.6) is 0 Å². The lowest BCUT2D eigenvalue weighted by atomic mass is 9.85. The zero-order chi connectivity index (χ0) is 13.1. The van der Waals surface area contributed by atoms with Gasteiger partial charge in [0.15, 0.2) is 5.17 Å². The molecule has 1 unspecified atom stereocenters. The zero-order valence-electron chi connectivity index (χ0n) is 11.6. The maximum Gasteiger partial charge on any atom is 0.239 e. The highest BCUT2D eigenvalue weighted by Crippen LogP contribution is 2.30. The van der Waals surface area contributed by atoms with Crippen molar-refractivity contribution >= 4 is 22.8 Å². The van der Waals surface area contributed by atoms with Gasteiger partial charge in [0.05, 0.1) is 11.3 Å². The number of amides is 1. The Morgan fingerprint density at radius 1 is 1.22 bits per heavy atom. The SMILES string of the molecule is CC(C)C1SC(=N[C@@H](C)C2CCCCC2)NC1=O. The second-order valence-corrected chi connectivity index (χ2v) is 6.97. The largest absolute Gasteiger partial charge is 0.304 e. The van der Waals surface area contributed by atoms with Crippen LogP contribution >= 0.6 is 11.8 Å². The standard InChI is InChI=1S/C14H24N2OS/c1-9(2)12-13(17)16-14(18-12)15-10(3)11-7-5-4-6-8-11/h9-12H,4-8H2,1-3H3,(H,15,16,17)/t10-,12?/m0/s1. The van der Waals surface area contributed by atoms with Gasteiger partial charge in [-0.2, -0.15) is 0 Å². The summed E-state index contributed by atoms with van der Waals surface area (Å²) in [5, 5.41) is 3.82. The minimum absolute atomic E-state index is 0.0438. The van der Waals surface area contributed by atoms with E-state index < -0.39 is 0 Å².